The van der Waals surface area contributed by atoms with Gasteiger partial charge in [0.25, 0.3) is 5.91 Å². The Bertz CT molecular complexity index is 1360. The smallest absolute Gasteiger partial charge is 0.269 e. The summed E-state index contributed by atoms with van der Waals surface area (Å²) >= 11 is 0. The molecular weight excluding hydrogens is 428 g/mol. The molecule has 5 rings (SSSR count). The molecule has 3 aromatic carbocycles. The van der Waals surface area contributed by atoms with E-state index in [1.807, 2.05) is 31.2 Å². The molecule has 0 bridgehead atoms. The van der Waals surface area contributed by atoms with E-state index in [0.717, 1.165) is 11.1 Å². The maximum Gasteiger partial charge on any atom is 0.269 e. The Morgan fingerprint density at radius 2 is 1.72 bits per heavy atom. The van der Waals surface area contributed by atoms with Crippen molar-refractivity contribution < 1.29 is 22.7 Å². The Balaban J connectivity index is 1.50. The van der Waals surface area contributed by atoms with Gasteiger partial charge in [-0.15, -0.1) is 0 Å². The van der Waals surface area contributed by atoms with Gasteiger partial charge in [0.15, 0.2) is 16.4 Å². The molecule has 0 saturated carbocycles. The third-order valence-electron chi connectivity index (χ3n) is 5.36. The van der Waals surface area contributed by atoms with Crippen molar-refractivity contribution in [2.45, 2.75) is 18.4 Å². The van der Waals surface area contributed by atoms with E-state index < -0.39 is 15.7 Å². The first-order valence-electron chi connectivity index (χ1n) is 10.0. The molecule has 3 aromatic rings. The number of amides is 1. The van der Waals surface area contributed by atoms with Gasteiger partial charge in [0.1, 0.15) is 0 Å². The third-order valence-corrected chi connectivity index (χ3v) is 7.23. The lowest BCUT2D eigenvalue weighted by Crippen LogP contribution is -2.22. The number of sulfone groups is 1. The standard InChI is InChI=1S/C24H20N2O5S/c1-15-6-9-17(10-7-15)26-24(27)23-22(18-4-2-3-5-21(18)32(23,28)29)25-13-16-8-11-19-20(12-16)31-14-30-19/h2-12,25H,13-14H2,1H3,(H,26,27). The molecule has 0 atom stereocenters. The lowest BCUT2D eigenvalue weighted by Gasteiger charge is -2.12. The van der Waals surface area contributed by atoms with Gasteiger partial charge >= 0.3 is 0 Å². The highest BCUT2D eigenvalue weighted by atomic mass is 32.2. The topological polar surface area (TPSA) is 93.7 Å². The van der Waals surface area contributed by atoms with E-state index in [-0.39, 0.29) is 22.3 Å². The minimum atomic E-state index is -3.98. The largest absolute Gasteiger partial charge is 0.454 e. The molecule has 2 aliphatic heterocycles. The number of fused-ring (bicyclic) bond motifs is 2. The zero-order valence-corrected chi connectivity index (χ0v) is 18.0. The number of hydrogen-bond acceptors (Lipinski definition) is 6. The van der Waals surface area contributed by atoms with Gasteiger partial charge in [0.2, 0.25) is 16.6 Å². The van der Waals surface area contributed by atoms with Crippen LogP contribution in [-0.2, 0) is 21.2 Å². The maximum atomic E-state index is 13.2. The highest BCUT2D eigenvalue weighted by Gasteiger charge is 2.39. The fourth-order valence-electron chi connectivity index (χ4n) is 3.75. The number of carbonyl (C=O) groups excluding carboxylic acids is 1. The lowest BCUT2D eigenvalue weighted by atomic mass is 10.1. The third kappa shape index (κ3) is 3.48. The van der Waals surface area contributed by atoms with Gasteiger partial charge in [-0.25, -0.2) is 8.42 Å². The number of rotatable bonds is 5. The molecular formula is C24H20N2O5S. The first-order valence-corrected chi connectivity index (χ1v) is 11.5. The van der Waals surface area contributed by atoms with Gasteiger partial charge in [-0.05, 0) is 42.8 Å². The number of hydrogen-bond donors (Lipinski definition) is 2. The summed E-state index contributed by atoms with van der Waals surface area (Å²) in [5.74, 6) is 0.619. The molecule has 162 valence electrons. The van der Waals surface area contributed by atoms with Crippen LogP contribution >= 0.6 is 0 Å². The molecule has 0 saturated heterocycles. The molecule has 0 aromatic heterocycles. The molecule has 0 unspecified atom stereocenters. The summed E-state index contributed by atoms with van der Waals surface area (Å²) in [6.07, 6.45) is 0. The maximum absolute atomic E-state index is 13.2. The van der Waals surface area contributed by atoms with Crippen LogP contribution in [0.2, 0.25) is 0 Å². The molecule has 8 heteroatoms. The molecule has 1 amide bonds. The SMILES string of the molecule is Cc1ccc(NC(=O)C2=C(NCc3ccc4c(c3)OCO4)c3ccccc3S2(=O)=O)cc1. The van der Waals surface area contributed by atoms with Crippen LogP contribution in [0.4, 0.5) is 5.69 Å². The fraction of sp³-hybridized carbons (Fsp3) is 0.125. The van der Waals surface area contributed by atoms with Gasteiger partial charge in [-0.3, -0.25) is 4.79 Å². The van der Waals surface area contributed by atoms with Gasteiger partial charge in [0, 0.05) is 17.8 Å². The molecule has 0 aliphatic carbocycles. The molecule has 32 heavy (non-hydrogen) atoms. The van der Waals surface area contributed by atoms with Crippen molar-refractivity contribution >= 4 is 27.1 Å². The summed E-state index contributed by atoms with van der Waals surface area (Å²) in [4.78, 5) is 13.0. The number of anilines is 1. The average Bonchev–Trinajstić information content (AvgIpc) is 3.34. The summed E-state index contributed by atoms with van der Waals surface area (Å²) < 4.78 is 37.2. The van der Waals surface area contributed by atoms with Crippen LogP contribution in [0.3, 0.4) is 0 Å². The van der Waals surface area contributed by atoms with Crippen LogP contribution in [0.5, 0.6) is 11.5 Å². The molecule has 2 N–H and O–H groups in total. The summed E-state index contributed by atoms with van der Waals surface area (Å²) in [5, 5.41) is 5.88. The zero-order chi connectivity index (χ0) is 22.3. The van der Waals surface area contributed by atoms with Gasteiger partial charge in [-0.1, -0.05) is 42.0 Å². The predicted molar refractivity (Wildman–Crippen MR) is 120 cm³/mol. The number of aryl methyl sites for hydroxylation is 1. The van der Waals surface area contributed by atoms with Crippen LogP contribution in [0.25, 0.3) is 5.70 Å². The second-order valence-corrected chi connectivity index (χ2v) is 9.42. The monoisotopic (exact) mass is 448 g/mol. The number of nitrogens with one attached hydrogen (secondary N) is 2. The van der Waals surface area contributed by atoms with Crippen molar-refractivity contribution in [2.75, 3.05) is 12.1 Å². The van der Waals surface area contributed by atoms with E-state index >= 15 is 0 Å². The van der Waals surface area contributed by atoms with Crippen LogP contribution < -0.4 is 20.1 Å². The number of benzene rings is 3. The van der Waals surface area contributed by atoms with Crippen LogP contribution in [0.15, 0.2) is 76.5 Å². The van der Waals surface area contributed by atoms with Gasteiger partial charge in [0.05, 0.1) is 10.6 Å². The van der Waals surface area contributed by atoms with E-state index in [0.29, 0.717) is 29.3 Å². The first-order chi connectivity index (χ1) is 15.4. The summed E-state index contributed by atoms with van der Waals surface area (Å²) in [6.45, 7) is 2.41. The minimum absolute atomic E-state index is 0.113. The normalized spacial score (nSPS) is 15.4. The van der Waals surface area contributed by atoms with Gasteiger partial charge < -0.3 is 20.1 Å². The van der Waals surface area contributed by atoms with E-state index in [1.165, 1.54) is 6.07 Å². The van der Waals surface area contributed by atoms with Crippen molar-refractivity contribution in [2.24, 2.45) is 0 Å². The zero-order valence-electron chi connectivity index (χ0n) is 17.2. The average molecular weight is 449 g/mol. The Morgan fingerprint density at radius 3 is 2.53 bits per heavy atom. The molecule has 0 radical (unpaired) electrons. The number of carbonyl (C=O) groups is 1. The predicted octanol–water partition coefficient (Wildman–Crippen LogP) is 3.61. The second kappa shape index (κ2) is 7.72. The Hall–Kier alpha value is -3.78. The van der Waals surface area contributed by atoms with Crippen LogP contribution in [-0.4, -0.2) is 21.1 Å². The molecule has 0 fully saturated rings. The van der Waals surface area contributed by atoms with Crippen molar-refractivity contribution in [1.82, 2.24) is 5.32 Å². The Labute approximate surface area is 185 Å². The number of ether oxygens (including phenoxy) is 2. The van der Waals surface area contributed by atoms with Crippen molar-refractivity contribution in [3.05, 3.63) is 88.3 Å². The van der Waals surface area contributed by atoms with E-state index in [1.54, 1.807) is 36.4 Å². The van der Waals surface area contributed by atoms with E-state index in [4.69, 9.17) is 9.47 Å². The quantitative estimate of drug-likeness (QED) is 0.619. The van der Waals surface area contributed by atoms with Crippen LogP contribution in [0.1, 0.15) is 16.7 Å². The Kier molecular flexibility index (Phi) is 4.86. The summed E-state index contributed by atoms with van der Waals surface area (Å²) in [7, 11) is -3.98. The molecule has 7 nitrogen and oxygen atoms in total. The fourth-order valence-corrected chi connectivity index (χ4v) is 5.43. The van der Waals surface area contributed by atoms with Crippen molar-refractivity contribution in [3.8, 4) is 11.5 Å². The minimum Gasteiger partial charge on any atom is -0.454 e. The second-order valence-electron chi connectivity index (χ2n) is 7.57. The van der Waals surface area contributed by atoms with E-state index in [2.05, 4.69) is 10.6 Å². The highest BCUT2D eigenvalue weighted by Crippen LogP contribution is 2.39. The molecule has 2 heterocycles. The summed E-state index contributed by atoms with van der Waals surface area (Å²) in [5.41, 5.74) is 3.18. The lowest BCUT2D eigenvalue weighted by molar-refractivity contribution is -0.112. The summed E-state index contributed by atoms with van der Waals surface area (Å²) in [6, 6.07) is 19.3. The Morgan fingerprint density at radius 1 is 0.969 bits per heavy atom. The molecule has 0 spiro atoms. The highest BCUT2D eigenvalue weighted by molar-refractivity contribution is 7.97. The van der Waals surface area contributed by atoms with Gasteiger partial charge in [-0.2, -0.15) is 0 Å². The van der Waals surface area contributed by atoms with E-state index in [9.17, 15) is 13.2 Å². The molecule has 2 aliphatic rings. The van der Waals surface area contributed by atoms with Crippen molar-refractivity contribution in [3.63, 3.8) is 0 Å². The van der Waals surface area contributed by atoms with Crippen molar-refractivity contribution in [1.29, 1.82) is 0 Å². The first kappa shape index (κ1) is 20.1. The van der Waals surface area contributed by atoms with Crippen LogP contribution in [0, 0.1) is 6.92 Å².